The fourth-order valence-electron chi connectivity index (χ4n) is 1.72. The summed E-state index contributed by atoms with van der Waals surface area (Å²) < 4.78 is 18.5. The van der Waals surface area contributed by atoms with Gasteiger partial charge in [0.15, 0.2) is 0 Å². The van der Waals surface area contributed by atoms with Crippen molar-refractivity contribution >= 4 is 11.7 Å². The van der Waals surface area contributed by atoms with Gasteiger partial charge < -0.3 is 10.5 Å². The zero-order valence-corrected chi connectivity index (χ0v) is 9.81. The van der Waals surface area contributed by atoms with Gasteiger partial charge in [0.05, 0.1) is 12.7 Å². The third-order valence-electron chi connectivity index (χ3n) is 2.63. The number of methoxy groups -OCH3 is 1. The van der Waals surface area contributed by atoms with Crippen molar-refractivity contribution in [3.05, 3.63) is 53.8 Å². The Morgan fingerprint density at radius 1 is 1.22 bits per heavy atom. The van der Waals surface area contributed by atoms with Crippen molar-refractivity contribution in [2.75, 3.05) is 12.8 Å². The normalized spacial score (nSPS) is 10.1. The Bertz CT molecular complexity index is 582. The van der Waals surface area contributed by atoms with Crippen molar-refractivity contribution in [2.24, 2.45) is 0 Å². The van der Waals surface area contributed by atoms with Gasteiger partial charge in [-0.2, -0.15) is 0 Å². The molecule has 0 aromatic heterocycles. The lowest BCUT2D eigenvalue weighted by molar-refractivity contribution is 0.0601. The van der Waals surface area contributed by atoms with E-state index in [0.29, 0.717) is 11.1 Å². The first kappa shape index (κ1) is 12.1. The molecule has 0 saturated heterocycles. The molecule has 2 rings (SSSR count). The van der Waals surface area contributed by atoms with E-state index < -0.39 is 11.8 Å². The minimum absolute atomic E-state index is 0.0367. The Balaban J connectivity index is 2.53. The third kappa shape index (κ3) is 2.18. The summed E-state index contributed by atoms with van der Waals surface area (Å²) in [6.45, 7) is 0. The molecule has 0 aliphatic carbocycles. The molecule has 0 heterocycles. The summed E-state index contributed by atoms with van der Waals surface area (Å²) in [7, 11) is 1.23. The van der Waals surface area contributed by atoms with Gasteiger partial charge in [0.2, 0.25) is 0 Å². The molecule has 0 spiro atoms. The first-order chi connectivity index (χ1) is 8.63. The molecule has 0 radical (unpaired) electrons. The van der Waals surface area contributed by atoms with Gasteiger partial charge in [-0.1, -0.05) is 30.3 Å². The van der Waals surface area contributed by atoms with E-state index in [2.05, 4.69) is 4.74 Å². The second-order valence-corrected chi connectivity index (χ2v) is 3.78. The summed E-state index contributed by atoms with van der Waals surface area (Å²) in [6.07, 6.45) is 0. The van der Waals surface area contributed by atoms with Crippen LogP contribution in [0.25, 0.3) is 11.1 Å². The highest BCUT2D eigenvalue weighted by atomic mass is 19.1. The largest absolute Gasteiger partial charge is 0.465 e. The van der Waals surface area contributed by atoms with Crippen molar-refractivity contribution in [2.45, 2.75) is 0 Å². The summed E-state index contributed by atoms with van der Waals surface area (Å²) in [5.74, 6) is -1.15. The predicted molar refractivity (Wildman–Crippen MR) is 67.6 cm³/mol. The molecule has 0 unspecified atom stereocenters. The Morgan fingerprint density at radius 3 is 2.50 bits per heavy atom. The lowest BCUT2D eigenvalue weighted by atomic mass is 10.0. The molecule has 0 atom stereocenters. The van der Waals surface area contributed by atoms with Crippen molar-refractivity contribution in [1.82, 2.24) is 0 Å². The zero-order chi connectivity index (χ0) is 13.1. The molecule has 0 aliphatic heterocycles. The van der Waals surface area contributed by atoms with Crippen LogP contribution < -0.4 is 5.73 Å². The number of benzene rings is 2. The van der Waals surface area contributed by atoms with Crippen LogP contribution in [-0.2, 0) is 4.74 Å². The first-order valence-electron chi connectivity index (χ1n) is 5.36. The number of nitrogen functional groups attached to an aromatic ring is 1. The van der Waals surface area contributed by atoms with Gasteiger partial charge >= 0.3 is 5.97 Å². The quantitative estimate of drug-likeness (QED) is 0.653. The Labute approximate surface area is 104 Å². The van der Waals surface area contributed by atoms with E-state index in [0.717, 1.165) is 6.07 Å². The van der Waals surface area contributed by atoms with Crippen LogP contribution in [0.2, 0.25) is 0 Å². The lowest BCUT2D eigenvalue weighted by Crippen LogP contribution is -2.06. The molecule has 0 amide bonds. The van der Waals surface area contributed by atoms with Gasteiger partial charge in [0.1, 0.15) is 5.82 Å². The summed E-state index contributed by atoms with van der Waals surface area (Å²) in [4.78, 5) is 11.4. The van der Waals surface area contributed by atoms with Crippen molar-refractivity contribution in [1.29, 1.82) is 0 Å². The van der Waals surface area contributed by atoms with Gasteiger partial charge in [0, 0.05) is 11.3 Å². The molecule has 0 bridgehead atoms. The number of carbonyl (C=O) groups excluding carboxylic acids is 1. The number of hydrogen-bond acceptors (Lipinski definition) is 3. The van der Waals surface area contributed by atoms with Crippen LogP contribution in [0.4, 0.5) is 10.1 Å². The van der Waals surface area contributed by atoms with Gasteiger partial charge in [-0.15, -0.1) is 0 Å². The van der Waals surface area contributed by atoms with Crippen LogP contribution in [0.5, 0.6) is 0 Å². The summed E-state index contributed by atoms with van der Waals surface area (Å²) in [5, 5.41) is 0. The summed E-state index contributed by atoms with van der Waals surface area (Å²) >= 11 is 0. The number of esters is 1. The van der Waals surface area contributed by atoms with E-state index >= 15 is 0 Å². The number of hydrogen-bond donors (Lipinski definition) is 1. The third-order valence-corrected chi connectivity index (χ3v) is 2.63. The molecule has 4 heteroatoms. The van der Waals surface area contributed by atoms with Crippen LogP contribution in [0, 0.1) is 5.82 Å². The van der Waals surface area contributed by atoms with E-state index in [1.807, 2.05) is 6.07 Å². The average Bonchev–Trinajstić information content (AvgIpc) is 2.41. The molecular weight excluding hydrogens is 233 g/mol. The second-order valence-electron chi connectivity index (χ2n) is 3.78. The van der Waals surface area contributed by atoms with E-state index in [4.69, 9.17) is 5.73 Å². The van der Waals surface area contributed by atoms with Gasteiger partial charge in [-0.05, 0) is 17.7 Å². The zero-order valence-electron chi connectivity index (χ0n) is 9.81. The van der Waals surface area contributed by atoms with E-state index in [1.54, 1.807) is 24.3 Å². The molecule has 18 heavy (non-hydrogen) atoms. The standard InChI is InChI=1S/C14H12FNO2/c1-18-14(17)11-7-12(15)10(8-13(11)16)9-5-3-2-4-6-9/h2-8H,16H2,1H3. The maximum atomic E-state index is 13.9. The van der Waals surface area contributed by atoms with Crippen LogP contribution in [0.15, 0.2) is 42.5 Å². The van der Waals surface area contributed by atoms with Crippen molar-refractivity contribution in [3.8, 4) is 11.1 Å². The van der Waals surface area contributed by atoms with Gasteiger partial charge in [-0.25, -0.2) is 9.18 Å². The summed E-state index contributed by atoms with van der Waals surface area (Å²) in [5.41, 5.74) is 7.04. The SMILES string of the molecule is COC(=O)c1cc(F)c(-c2ccccc2)cc1N. The topological polar surface area (TPSA) is 52.3 Å². The Kier molecular flexibility index (Phi) is 3.28. The Hall–Kier alpha value is -2.36. The highest BCUT2D eigenvalue weighted by Crippen LogP contribution is 2.27. The molecule has 0 aliphatic rings. The number of halogens is 1. The predicted octanol–water partition coefficient (Wildman–Crippen LogP) is 2.86. The monoisotopic (exact) mass is 245 g/mol. The van der Waals surface area contributed by atoms with Crippen LogP contribution in [0.3, 0.4) is 0 Å². The van der Waals surface area contributed by atoms with E-state index in [-0.39, 0.29) is 11.3 Å². The highest BCUT2D eigenvalue weighted by Gasteiger charge is 2.15. The molecule has 2 N–H and O–H groups in total. The second kappa shape index (κ2) is 4.87. The fourth-order valence-corrected chi connectivity index (χ4v) is 1.72. The van der Waals surface area contributed by atoms with E-state index in [9.17, 15) is 9.18 Å². The number of nitrogens with two attached hydrogens (primary N) is 1. The van der Waals surface area contributed by atoms with Crippen LogP contribution in [0.1, 0.15) is 10.4 Å². The molecule has 3 nitrogen and oxygen atoms in total. The molecule has 0 fully saturated rings. The van der Waals surface area contributed by atoms with Crippen LogP contribution in [-0.4, -0.2) is 13.1 Å². The first-order valence-corrected chi connectivity index (χ1v) is 5.36. The van der Waals surface area contributed by atoms with Crippen molar-refractivity contribution in [3.63, 3.8) is 0 Å². The maximum absolute atomic E-state index is 13.9. The van der Waals surface area contributed by atoms with E-state index in [1.165, 1.54) is 13.2 Å². The average molecular weight is 245 g/mol. The minimum Gasteiger partial charge on any atom is -0.465 e. The fraction of sp³-hybridized carbons (Fsp3) is 0.0714. The van der Waals surface area contributed by atoms with Gasteiger partial charge in [0.25, 0.3) is 0 Å². The smallest absolute Gasteiger partial charge is 0.340 e. The minimum atomic E-state index is -0.647. The molecular formula is C14H12FNO2. The maximum Gasteiger partial charge on any atom is 0.340 e. The number of rotatable bonds is 2. The lowest BCUT2D eigenvalue weighted by Gasteiger charge is -2.08. The highest BCUT2D eigenvalue weighted by molar-refractivity contribution is 5.96. The van der Waals surface area contributed by atoms with Gasteiger partial charge in [-0.3, -0.25) is 0 Å². The molecule has 2 aromatic rings. The number of carbonyl (C=O) groups is 1. The number of ether oxygens (including phenoxy) is 1. The molecule has 0 saturated carbocycles. The van der Waals surface area contributed by atoms with Crippen LogP contribution >= 0.6 is 0 Å². The molecule has 2 aromatic carbocycles. The summed E-state index contributed by atoms with van der Waals surface area (Å²) in [6, 6.07) is 11.5. The van der Waals surface area contributed by atoms with Crippen molar-refractivity contribution < 1.29 is 13.9 Å². The molecule has 92 valence electrons. The Morgan fingerprint density at radius 2 is 1.89 bits per heavy atom. The number of anilines is 1.